The van der Waals surface area contributed by atoms with E-state index in [4.69, 9.17) is 0 Å². The Morgan fingerprint density at radius 3 is 2.10 bits per heavy atom. The summed E-state index contributed by atoms with van der Waals surface area (Å²) in [7, 11) is 0. The zero-order valence-electron chi connectivity index (χ0n) is 19.0. The lowest BCUT2D eigenvalue weighted by Gasteiger charge is -2.44. The lowest BCUT2D eigenvalue weighted by molar-refractivity contribution is -0.140. The summed E-state index contributed by atoms with van der Waals surface area (Å²) in [6.45, 7) is 8.43. The first kappa shape index (κ1) is 22.9. The Kier molecular flexibility index (Phi) is 6.79. The number of benzene rings is 1. The Morgan fingerprint density at radius 2 is 1.61 bits per heavy atom. The van der Waals surface area contributed by atoms with Crippen molar-refractivity contribution in [2.45, 2.75) is 72.1 Å². The molecule has 0 unspecified atom stereocenters. The van der Waals surface area contributed by atoms with Crippen LogP contribution in [0.15, 0.2) is 12.1 Å². The van der Waals surface area contributed by atoms with Gasteiger partial charge in [-0.1, -0.05) is 12.8 Å². The topological polar surface area (TPSA) is 71.5 Å². The van der Waals surface area contributed by atoms with Crippen molar-refractivity contribution in [1.82, 2.24) is 4.90 Å². The quantitative estimate of drug-likeness (QED) is 0.549. The highest BCUT2D eigenvalue weighted by Gasteiger charge is 2.47. The van der Waals surface area contributed by atoms with Crippen LogP contribution in [0.5, 0.6) is 0 Å². The van der Waals surface area contributed by atoms with Crippen LogP contribution < -0.4 is 0 Å². The molecule has 5 nitrogen and oxygen atoms in total. The standard InChI is InChI=1S/C26H31NO4/c1-5-7-19-12-17(3)24(18(4)13-19)25-21(29)15-26(16-22(25)30)8-10-27(11-9-26)23(31)14-20(28)6-2/h12-13,25H,6,8-11,14-16H2,1-4H3. The number of hydrogen-bond acceptors (Lipinski definition) is 4. The maximum atomic E-state index is 13.2. The molecular formula is C26H31NO4. The number of nitrogens with zero attached hydrogens (tertiary/aromatic N) is 1. The van der Waals surface area contributed by atoms with Crippen molar-refractivity contribution in [1.29, 1.82) is 0 Å². The predicted molar refractivity (Wildman–Crippen MR) is 119 cm³/mol. The number of piperidine rings is 1. The van der Waals surface area contributed by atoms with Crippen LogP contribution in [-0.2, 0) is 19.2 Å². The second kappa shape index (κ2) is 9.18. The number of ketones is 3. The fourth-order valence-corrected chi connectivity index (χ4v) is 5.14. The zero-order valence-corrected chi connectivity index (χ0v) is 19.0. The Balaban J connectivity index is 1.74. The van der Waals surface area contributed by atoms with Crippen LogP contribution in [0.25, 0.3) is 0 Å². The highest BCUT2D eigenvalue weighted by atomic mass is 16.2. The van der Waals surface area contributed by atoms with E-state index in [0.29, 0.717) is 45.2 Å². The molecule has 1 saturated carbocycles. The molecular weight excluding hydrogens is 390 g/mol. The second-order valence-corrected chi connectivity index (χ2v) is 9.07. The first-order valence-electron chi connectivity index (χ1n) is 11.1. The number of amides is 1. The van der Waals surface area contributed by atoms with Gasteiger partial charge in [0, 0.05) is 37.9 Å². The summed E-state index contributed by atoms with van der Waals surface area (Å²) in [5.74, 6) is 5.00. The smallest absolute Gasteiger partial charge is 0.230 e. The van der Waals surface area contributed by atoms with E-state index in [1.807, 2.05) is 26.0 Å². The molecule has 31 heavy (non-hydrogen) atoms. The van der Waals surface area contributed by atoms with E-state index in [1.165, 1.54) is 0 Å². The van der Waals surface area contributed by atoms with Crippen LogP contribution in [0.1, 0.15) is 80.5 Å². The van der Waals surface area contributed by atoms with Gasteiger partial charge in [0.1, 0.15) is 23.3 Å². The molecule has 1 aliphatic carbocycles. The molecule has 3 rings (SSSR count). The van der Waals surface area contributed by atoms with Gasteiger partial charge in [-0.25, -0.2) is 0 Å². The van der Waals surface area contributed by atoms with Gasteiger partial charge in [-0.2, -0.15) is 0 Å². The Morgan fingerprint density at radius 1 is 1.06 bits per heavy atom. The van der Waals surface area contributed by atoms with E-state index in [-0.39, 0.29) is 35.1 Å². The zero-order chi connectivity index (χ0) is 22.8. The maximum absolute atomic E-state index is 13.2. The van der Waals surface area contributed by atoms with Gasteiger partial charge < -0.3 is 4.90 Å². The van der Waals surface area contributed by atoms with E-state index in [1.54, 1.807) is 18.7 Å². The summed E-state index contributed by atoms with van der Waals surface area (Å²) in [6, 6.07) is 3.90. The number of carbonyl (C=O) groups excluding carboxylic acids is 4. The van der Waals surface area contributed by atoms with Crippen LogP contribution in [0.2, 0.25) is 0 Å². The summed E-state index contributed by atoms with van der Waals surface area (Å²) in [4.78, 5) is 52.0. The van der Waals surface area contributed by atoms with E-state index < -0.39 is 5.92 Å². The molecule has 1 aromatic rings. The second-order valence-electron chi connectivity index (χ2n) is 9.07. The van der Waals surface area contributed by atoms with Gasteiger partial charge in [0.2, 0.25) is 5.91 Å². The van der Waals surface area contributed by atoms with Gasteiger partial charge in [-0.05, 0) is 67.9 Å². The van der Waals surface area contributed by atoms with Gasteiger partial charge in [0.15, 0.2) is 0 Å². The minimum Gasteiger partial charge on any atom is -0.342 e. The average molecular weight is 422 g/mol. The Bertz CT molecular complexity index is 943. The molecule has 5 heteroatoms. The lowest BCUT2D eigenvalue weighted by atomic mass is 9.62. The van der Waals surface area contributed by atoms with E-state index in [0.717, 1.165) is 22.3 Å². The number of aryl methyl sites for hydroxylation is 2. The molecule has 1 aromatic carbocycles. The van der Waals surface area contributed by atoms with Crippen molar-refractivity contribution in [3.63, 3.8) is 0 Å². The molecule has 2 aliphatic rings. The third kappa shape index (κ3) is 4.79. The molecule has 0 radical (unpaired) electrons. The minimum absolute atomic E-state index is 0.0160. The van der Waals surface area contributed by atoms with Gasteiger partial charge in [0.05, 0.1) is 6.42 Å². The van der Waals surface area contributed by atoms with Crippen molar-refractivity contribution >= 4 is 23.3 Å². The number of likely N-dealkylation sites (tertiary alicyclic amines) is 1. The van der Waals surface area contributed by atoms with Crippen molar-refractivity contribution in [3.05, 3.63) is 34.4 Å². The van der Waals surface area contributed by atoms with Crippen LogP contribution in [0, 0.1) is 31.1 Å². The SMILES string of the molecule is CC#Cc1cc(C)c(C2C(=O)CC3(CCN(C(=O)CC(=O)CC)CC3)CC2=O)c(C)c1. The van der Waals surface area contributed by atoms with Gasteiger partial charge in [-0.3, -0.25) is 19.2 Å². The first-order chi connectivity index (χ1) is 14.7. The molecule has 1 aliphatic heterocycles. The van der Waals surface area contributed by atoms with Gasteiger partial charge >= 0.3 is 0 Å². The predicted octanol–water partition coefficient (Wildman–Crippen LogP) is 3.67. The summed E-state index contributed by atoms with van der Waals surface area (Å²) >= 11 is 0. The van der Waals surface area contributed by atoms with Gasteiger partial charge in [0.25, 0.3) is 0 Å². The molecule has 0 aromatic heterocycles. The highest BCUT2D eigenvalue weighted by Crippen LogP contribution is 2.46. The van der Waals surface area contributed by atoms with Crippen LogP contribution >= 0.6 is 0 Å². The molecule has 0 N–H and O–H groups in total. The number of hydrogen-bond donors (Lipinski definition) is 0. The highest BCUT2D eigenvalue weighted by molar-refractivity contribution is 6.10. The normalized spacial score (nSPS) is 18.6. The first-order valence-corrected chi connectivity index (χ1v) is 11.1. The Labute approximate surface area is 184 Å². The fourth-order valence-electron chi connectivity index (χ4n) is 5.14. The summed E-state index contributed by atoms with van der Waals surface area (Å²) in [5.41, 5.74) is 3.23. The van der Waals surface area contributed by atoms with Crippen LogP contribution in [0.3, 0.4) is 0 Å². The van der Waals surface area contributed by atoms with Crippen molar-refractivity contribution in [2.75, 3.05) is 13.1 Å². The molecule has 2 fully saturated rings. The molecule has 0 bridgehead atoms. The molecule has 1 heterocycles. The van der Waals surface area contributed by atoms with Crippen molar-refractivity contribution in [3.8, 4) is 11.8 Å². The Hall–Kier alpha value is -2.74. The largest absolute Gasteiger partial charge is 0.342 e. The van der Waals surface area contributed by atoms with Crippen LogP contribution in [-0.4, -0.2) is 41.2 Å². The average Bonchev–Trinajstić information content (AvgIpc) is 2.70. The summed E-state index contributed by atoms with van der Waals surface area (Å²) in [6.07, 6.45) is 2.31. The molecule has 164 valence electrons. The van der Waals surface area contributed by atoms with Crippen molar-refractivity contribution in [2.24, 2.45) is 5.41 Å². The number of carbonyl (C=O) groups is 4. The molecule has 1 amide bonds. The number of rotatable bonds is 4. The van der Waals surface area contributed by atoms with E-state index in [2.05, 4.69) is 11.8 Å². The molecule has 0 atom stereocenters. The summed E-state index contributed by atoms with van der Waals surface area (Å²) < 4.78 is 0. The van der Waals surface area contributed by atoms with Crippen molar-refractivity contribution < 1.29 is 19.2 Å². The van der Waals surface area contributed by atoms with E-state index >= 15 is 0 Å². The molecule has 1 saturated heterocycles. The molecule has 1 spiro atoms. The minimum atomic E-state index is -0.698. The number of Topliss-reactive ketones (excluding diaryl/α,β-unsaturated/α-hetero) is 3. The lowest BCUT2D eigenvalue weighted by Crippen LogP contribution is -2.48. The van der Waals surface area contributed by atoms with E-state index in [9.17, 15) is 19.2 Å². The third-order valence-corrected chi connectivity index (χ3v) is 6.81. The summed E-state index contributed by atoms with van der Waals surface area (Å²) in [5, 5.41) is 0. The monoisotopic (exact) mass is 421 g/mol. The fraction of sp³-hybridized carbons (Fsp3) is 0.538. The third-order valence-electron chi connectivity index (χ3n) is 6.81. The van der Waals surface area contributed by atoms with Crippen LogP contribution in [0.4, 0.5) is 0 Å². The maximum Gasteiger partial charge on any atom is 0.230 e. The van der Waals surface area contributed by atoms with Gasteiger partial charge in [-0.15, -0.1) is 5.92 Å².